The van der Waals surface area contributed by atoms with Gasteiger partial charge in [0.2, 0.25) is 0 Å². The fourth-order valence-corrected chi connectivity index (χ4v) is 3.54. The Balaban J connectivity index is 1.94. The second kappa shape index (κ2) is 6.79. The molecule has 0 amide bonds. The average Bonchev–Trinajstić information content (AvgIpc) is 2.54. The van der Waals surface area contributed by atoms with Crippen molar-refractivity contribution in [2.45, 2.75) is 51.3 Å². The van der Waals surface area contributed by atoms with Gasteiger partial charge in [0.1, 0.15) is 16.5 Å². The van der Waals surface area contributed by atoms with Gasteiger partial charge in [-0.2, -0.15) is 13.2 Å². The Kier molecular flexibility index (Phi) is 4.90. The Morgan fingerprint density at radius 2 is 1.83 bits per heavy atom. The highest BCUT2D eigenvalue weighted by Gasteiger charge is 2.37. The van der Waals surface area contributed by atoms with Crippen molar-refractivity contribution in [3.8, 4) is 5.75 Å². The summed E-state index contributed by atoms with van der Waals surface area (Å²) in [5, 5.41) is 0.189. The van der Waals surface area contributed by atoms with E-state index in [0.717, 1.165) is 32.1 Å². The van der Waals surface area contributed by atoms with Crippen molar-refractivity contribution >= 4 is 22.5 Å². The van der Waals surface area contributed by atoms with Gasteiger partial charge in [-0.05, 0) is 55.9 Å². The largest absolute Gasteiger partial charge is 0.490 e. The minimum absolute atomic E-state index is 0.0200. The number of nitrogens with zero attached hydrogens (tertiary/aromatic N) is 1. The number of ether oxygens (including phenoxy) is 1. The van der Waals surface area contributed by atoms with Crippen LogP contribution in [-0.4, -0.2) is 11.1 Å². The standard InChI is InChI=1S/C18H19ClF3NO/c1-2-11-3-5-12(6-4-11)24-15-9-8-14-13(7-10-16(19)23-14)17(15)18(20,21)22/h7-12H,2-6H2,1H3. The second-order valence-electron chi connectivity index (χ2n) is 6.31. The summed E-state index contributed by atoms with van der Waals surface area (Å²) in [6.45, 7) is 2.15. The Morgan fingerprint density at radius 3 is 2.46 bits per heavy atom. The first-order chi connectivity index (χ1) is 11.4. The molecule has 1 fully saturated rings. The van der Waals surface area contributed by atoms with Gasteiger partial charge in [-0.25, -0.2) is 4.98 Å². The molecule has 1 heterocycles. The lowest BCUT2D eigenvalue weighted by Gasteiger charge is -2.29. The number of halogens is 4. The van der Waals surface area contributed by atoms with E-state index in [0.29, 0.717) is 5.92 Å². The summed E-state index contributed by atoms with van der Waals surface area (Å²) in [4.78, 5) is 3.97. The summed E-state index contributed by atoms with van der Waals surface area (Å²) in [5.41, 5.74) is -0.543. The number of benzene rings is 1. The zero-order valence-corrected chi connectivity index (χ0v) is 14.1. The molecule has 6 heteroatoms. The van der Waals surface area contributed by atoms with E-state index >= 15 is 0 Å². The van der Waals surface area contributed by atoms with Crippen LogP contribution in [0.4, 0.5) is 13.2 Å². The Bertz CT molecular complexity index is 724. The molecule has 0 spiro atoms. The highest BCUT2D eigenvalue weighted by Crippen LogP contribution is 2.42. The SMILES string of the molecule is CCC1CCC(Oc2ccc3nc(Cl)ccc3c2C(F)(F)F)CC1. The molecule has 2 nitrogen and oxygen atoms in total. The Hall–Kier alpha value is -1.49. The van der Waals surface area contributed by atoms with E-state index in [-0.39, 0.29) is 27.9 Å². The van der Waals surface area contributed by atoms with Crippen LogP contribution in [0.3, 0.4) is 0 Å². The van der Waals surface area contributed by atoms with Crippen LogP contribution in [0.1, 0.15) is 44.6 Å². The van der Waals surface area contributed by atoms with Crippen LogP contribution in [0.2, 0.25) is 5.15 Å². The third-order valence-corrected chi connectivity index (χ3v) is 4.96. The third-order valence-electron chi connectivity index (χ3n) is 4.75. The van der Waals surface area contributed by atoms with E-state index < -0.39 is 11.7 Å². The maximum atomic E-state index is 13.6. The van der Waals surface area contributed by atoms with Crippen LogP contribution >= 0.6 is 11.6 Å². The maximum absolute atomic E-state index is 13.6. The van der Waals surface area contributed by atoms with Crippen molar-refractivity contribution in [2.75, 3.05) is 0 Å². The predicted molar refractivity (Wildman–Crippen MR) is 88.4 cm³/mol. The molecular formula is C18H19ClF3NO. The van der Waals surface area contributed by atoms with Crippen LogP contribution in [0.15, 0.2) is 24.3 Å². The number of fused-ring (bicyclic) bond motifs is 1. The summed E-state index contributed by atoms with van der Waals surface area (Å²) < 4.78 is 46.6. The van der Waals surface area contributed by atoms with Gasteiger partial charge < -0.3 is 4.74 Å². The Labute approximate surface area is 144 Å². The first-order valence-corrected chi connectivity index (χ1v) is 8.59. The molecule has 0 atom stereocenters. The first kappa shape index (κ1) is 17.3. The van der Waals surface area contributed by atoms with Crippen LogP contribution in [0.25, 0.3) is 10.9 Å². The van der Waals surface area contributed by atoms with E-state index in [2.05, 4.69) is 11.9 Å². The van der Waals surface area contributed by atoms with Crippen LogP contribution in [0, 0.1) is 5.92 Å². The molecule has 0 N–H and O–H groups in total. The number of rotatable bonds is 3. The molecule has 0 aliphatic heterocycles. The molecule has 130 valence electrons. The van der Waals surface area contributed by atoms with Crippen molar-refractivity contribution in [3.63, 3.8) is 0 Å². The molecule has 3 rings (SSSR count). The van der Waals surface area contributed by atoms with Crippen LogP contribution in [0.5, 0.6) is 5.75 Å². The predicted octanol–water partition coefficient (Wildman–Crippen LogP) is 6.25. The number of pyridine rings is 1. The number of hydrogen-bond acceptors (Lipinski definition) is 2. The average molecular weight is 358 g/mol. The summed E-state index contributed by atoms with van der Waals surface area (Å²) in [6.07, 6.45) is 0.0556. The summed E-state index contributed by atoms with van der Waals surface area (Å²) in [6, 6.07) is 5.62. The van der Waals surface area contributed by atoms with Crippen molar-refractivity contribution in [2.24, 2.45) is 5.92 Å². The molecule has 0 saturated heterocycles. The topological polar surface area (TPSA) is 22.1 Å². The highest BCUT2D eigenvalue weighted by molar-refractivity contribution is 6.29. The first-order valence-electron chi connectivity index (χ1n) is 8.21. The normalized spacial score (nSPS) is 21.9. The molecule has 1 aromatic carbocycles. The van der Waals surface area contributed by atoms with E-state index in [1.165, 1.54) is 24.3 Å². The highest BCUT2D eigenvalue weighted by atomic mass is 35.5. The quantitative estimate of drug-likeness (QED) is 0.605. The fourth-order valence-electron chi connectivity index (χ4n) is 3.39. The minimum atomic E-state index is -4.51. The van der Waals surface area contributed by atoms with Gasteiger partial charge in [0.15, 0.2) is 0 Å². The van der Waals surface area contributed by atoms with E-state index in [9.17, 15) is 13.2 Å². The molecule has 1 aliphatic rings. The lowest BCUT2D eigenvalue weighted by atomic mass is 9.86. The Morgan fingerprint density at radius 1 is 1.12 bits per heavy atom. The van der Waals surface area contributed by atoms with Gasteiger partial charge in [0, 0.05) is 5.39 Å². The lowest BCUT2D eigenvalue weighted by molar-refractivity contribution is -0.138. The van der Waals surface area contributed by atoms with Crippen molar-refractivity contribution in [3.05, 3.63) is 35.0 Å². The van der Waals surface area contributed by atoms with Gasteiger partial charge in [0.25, 0.3) is 0 Å². The molecule has 0 radical (unpaired) electrons. The van der Waals surface area contributed by atoms with E-state index in [1.54, 1.807) is 0 Å². The van der Waals surface area contributed by atoms with E-state index in [1.807, 2.05) is 0 Å². The molecule has 1 saturated carbocycles. The molecule has 24 heavy (non-hydrogen) atoms. The van der Waals surface area contributed by atoms with Gasteiger partial charge in [-0.1, -0.05) is 24.9 Å². The van der Waals surface area contributed by atoms with Crippen molar-refractivity contribution in [1.82, 2.24) is 4.98 Å². The third kappa shape index (κ3) is 3.61. The monoisotopic (exact) mass is 357 g/mol. The molecule has 1 aliphatic carbocycles. The number of alkyl halides is 3. The van der Waals surface area contributed by atoms with Crippen molar-refractivity contribution in [1.29, 1.82) is 0 Å². The maximum Gasteiger partial charge on any atom is 0.420 e. The molecule has 2 aromatic rings. The molecular weight excluding hydrogens is 339 g/mol. The van der Waals surface area contributed by atoms with Crippen molar-refractivity contribution < 1.29 is 17.9 Å². The van der Waals surface area contributed by atoms with E-state index in [4.69, 9.17) is 16.3 Å². The summed E-state index contributed by atoms with van der Waals surface area (Å²) in [5.74, 6) is 0.550. The minimum Gasteiger partial charge on any atom is -0.490 e. The van der Waals surface area contributed by atoms with Crippen LogP contribution in [-0.2, 0) is 6.18 Å². The van der Waals surface area contributed by atoms with Crippen LogP contribution < -0.4 is 4.74 Å². The summed E-state index contributed by atoms with van der Waals surface area (Å²) in [7, 11) is 0. The smallest absolute Gasteiger partial charge is 0.420 e. The lowest BCUT2D eigenvalue weighted by Crippen LogP contribution is -2.25. The second-order valence-corrected chi connectivity index (χ2v) is 6.69. The van der Waals surface area contributed by atoms with Gasteiger partial charge in [-0.3, -0.25) is 0 Å². The number of aromatic nitrogens is 1. The van der Waals surface area contributed by atoms with Gasteiger partial charge in [-0.15, -0.1) is 0 Å². The van der Waals surface area contributed by atoms with Gasteiger partial charge in [0.05, 0.1) is 11.6 Å². The summed E-state index contributed by atoms with van der Waals surface area (Å²) >= 11 is 5.78. The van der Waals surface area contributed by atoms with Gasteiger partial charge >= 0.3 is 6.18 Å². The zero-order chi connectivity index (χ0) is 17.3. The molecule has 0 unspecified atom stereocenters. The molecule has 1 aromatic heterocycles. The zero-order valence-electron chi connectivity index (χ0n) is 13.4. The fraction of sp³-hybridized carbons (Fsp3) is 0.500. The molecule has 0 bridgehead atoms. The number of hydrogen-bond donors (Lipinski definition) is 0.